The normalized spacial score (nSPS) is 16.6. The fourth-order valence-electron chi connectivity index (χ4n) is 3.23. The summed E-state index contributed by atoms with van der Waals surface area (Å²) >= 11 is 0. The van der Waals surface area contributed by atoms with Crippen molar-refractivity contribution in [2.45, 2.75) is 40.3 Å². The van der Waals surface area contributed by atoms with Gasteiger partial charge in [-0.15, -0.1) is 0 Å². The van der Waals surface area contributed by atoms with E-state index in [0.717, 1.165) is 5.56 Å². The highest BCUT2D eigenvalue weighted by molar-refractivity contribution is 6.00. The third kappa shape index (κ3) is 3.99. The number of rotatable bonds is 6. The molecule has 7 heteroatoms. The predicted molar refractivity (Wildman–Crippen MR) is 106 cm³/mol. The summed E-state index contributed by atoms with van der Waals surface area (Å²) in [5.41, 5.74) is 1.16. The number of hydrogen-bond acceptors (Lipinski definition) is 6. The summed E-state index contributed by atoms with van der Waals surface area (Å²) in [6.45, 7) is 7.70. The second-order valence-corrected chi connectivity index (χ2v) is 6.42. The Kier molecular flexibility index (Phi) is 6.26. The fraction of sp³-hybridized carbons (Fsp3) is 0.364. The Hall–Kier alpha value is -3.22. The Bertz CT molecular complexity index is 929. The number of benzene rings is 1. The molecule has 1 aliphatic heterocycles. The van der Waals surface area contributed by atoms with E-state index in [0.29, 0.717) is 5.76 Å². The molecule has 2 heterocycles. The number of hydrogen-bond donors (Lipinski definition) is 0. The average Bonchev–Trinajstić information content (AvgIpc) is 3.01. The first-order valence-corrected chi connectivity index (χ1v) is 9.67. The molecule has 3 rings (SSSR count). The average molecular weight is 399 g/mol. The molecule has 1 aromatic carbocycles. The van der Waals surface area contributed by atoms with Crippen LogP contribution in [0.5, 0.6) is 11.5 Å². The van der Waals surface area contributed by atoms with Crippen molar-refractivity contribution in [3.63, 3.8) is 0 Å². The molecule has 0 bridgehead atoms. The van der Waals surface area contributed by atoms with Gasteiger partial charge in [-0.05, 0) is 39.3 Å². The highest BCUT2D eigenvalue weighted by atomic mass is 16.6. The van der Waals surface area contributed by atoms with E-state index in [2.05, 4.69) is 0 Å². The number of carbonyl (C=O) groups excluding carboxylic acids is 2. The summed E-state index contributed by atoms with van der Waals surface area (Å²) in [5, 5.41) is 0. The molecule has 7 nitrogen and oxygen atoms in total. The van der Waals surface area contributed by atoms with Gasteiger partial charge in [0.2, 0.25) is 5.75 Å². The van der Waals surface area contributed by atoms with Crippen LogP contribution in [-0.2, 0) is 16.0 Å². The molecule has 0 saturated heterocycles. The number of fused-ring (bicyclic) bond motifs is 1. The molecule has 0 spiro atoms. The number of allylic oxidation sites excluding steroid dienone is 1. The molecular formula is C22H25NO6. The van der Waals surface area contributed by atoms with E-state index < -0.39 is 18.0 Å². The van der Waals surface area contributed by atoms with Crippen LogP contribution in [-0.4, -0.2) is 35.8 Å². The van der Waals surface area contributed by atoms with Gasteiger partial charge in [-0.25, -0.2) is 9.59 Å². The van der Waals surface area contributed by atoms with Crippen molar-refractivity contribution >= 4 is 11.9 Å². The van der Waals surface area contributed by atoms with E-state index in [4.69, 9.17) is 18.9 Å². The number of nitrogens with zero attached hydrogens (tertiary/aromatic N) is 1. The van der Waals surface area contributed by atoms with Gasteiger partial charge >= 0.3 is 11.9 Å². The SMILES string of the molecule is C/C=C1\Oc2c(c(C(=O)OCC)n(Cc3ccccc3)c2C(=O)OCC)OC1C. The zero-order valence-electron chi connectivity index (χ0n) is 17.1. The zero-order valence-corrected chi connectivity index (χ0v) is 17.1. The molecule has 2 aromatic rings. The molecule has 0 saturated carbocycles. The van der Waals surface area contributed by atoms with Gasteiger partial charge < -0.3 is 23.5 Å². The van der Waals surface area contributed by atoms with Crippen molar-refractivity contribution < 1.29 is 28.5 Å². The van der Waals surface area contributed by atoms with Crippen molar-refractivity contribution in [1.82, 2.24) is 4.57 Å². The Morgan fingerprint density at radius 3 is 2.17 bits per heavy atom. The van der Waals surface area contributed by atoms with E-state index in [1.165, 1.54) is 0 Å². The lowest BCUT2D eigenvalue weighted by atomic mass is 10.2. The third-order valence-corrected chi connectivity index (χ3v) is 4.50. The van der Waals surface area contributed by atoms with Crippen molar-refractivity contribution in [2.24, 2.45) is 0 Å². The minimum Gasteiger partial charge on any atom is -0.476 e. The van der Waals surface area contributed by atoms with Crippen LogP contribution in [0.2, 0.25) is 0 Å². The summed E-state index contributed by atoms with van der Waals surface area (Å²) < 4.78 is 24.0. The Labute approximate surface area is 169 Å². The van der Waals surface area contributed by atoms with Gasteiger partial charge in [-0.1, -0.05) is 30.3 Å². The molecule has 0 fully saturated rings. The molecule has 0 radical (unpaired) electrons. The van der Waals surface area contributed by atoms with Gasteiger partial charge in [0.05, 0.1) is 13.2 Å². The molecule has 29 heavy (non-hydrogen) atoms. The lowest BCUT2D eigenvalue weighted by molar-refractivity contribution is 0.0502. The second kappa shape index (κ2) is 8.86. The quantitative estimate of drug-likeness (QED) is 0.685. The monoisotopic (exact) mass is 399 g/mol. The largest absolute Gasteiger partial charge is 0.476 e. The van der Waals surface area contributed by atoms with Gasteiger partial charge in [-0.3, -0.25) is 0 Å². The Morgan fingerprint density at radius 1 is 1.03 bits per heavy atom. The second-order valence-electron chi connectivity index (χ2n) is 6.42. The van der Waals surface area contributed by atoms with Crippen LogP contribution >= 0.6 is 0 Å². The van der Waals surface area contributed by atoms with Crippen molar-refractivity contribution in [3.05, 3.63) is 59.1 Å². The molecule has 0 aliphatic carbocycles. The van der Waals surface area contributed by atoms with Crippen LogP contribution in [0.4, 0.5) is 0 Å². The summed E-state index contributed by atoms with van der Waals surface area (Å²) in [6.07, 6.45) is 1.35. The maximum atomic E-state index is 12.8. The smallest absolute Gasteiger partial charge is 0.359 e. The van der Waals surface area contributed by atoms with Gasteiger partial charge in [0, 0.05) is 6.54 Å². The highest BCUT2D eigenvalue weighted by Crippen LogP contribution is 2.44. The molecule has 154 valence electrons. The van der Waals surface area contributed by atoms with Crippen LogP contribution in [0.1, 0.15) is 54.2 Å². The van der Waals surface area contributed by atoms with Crippen molar-refractivity contribution in [2.75, 3.05) is 13.2 Å². The van der Waals surface area contributed by atoms with Crippen LogP contribution in [0.25, 0.3) is 0 Å². The maximum absolute atomic E-state index is 12.8. The molecule has 1 atom stereocenters. The van der Waals surface area contributed by atoms with Gasteiger partial charge in [-0.2, -0.15) is 0 Å². The molecular weight excluding hydrogens is 374 g/mol. The van der Waals surface area contributed by atoms with Crippen LogP contribution in [0.3, 0.4) is 0 Å². The number of esters is 2. The number of ether oxygens (including phenoxy) is 4. The van der Waals surface area contributed by atoms with Crippen molar-refractivity contribution in [3.8, 4) is 11.5 Å². The molecule has 0 N–H and O–H groups in total. The lowest BCUT2D eigenvalue weighted by Gasteiger charge is -2.24. The van der Waals surface area contributed by atoms with Gasteiger partial charge in [0.1, 0.15) is 5.76 Å². The number of carbonyl (C=O) groups is 2. The van der Waals surface area contributed by atoms with Crippen molar-refractivity contribution in [1.29, 1.82) is 0 Å². The summed E-state index contributed by atoms with van der Waals surface area (Å²) in [5.74, 6) is -0.261. The summed E-state index contributed by atoms with van der Waals surface area (Å²) in [4.78, 5) is 25.7. The molecule has 1 aliphatic rings. The van der Waals surface area contributed by atoms with E-state index in [1.807, 2.05) is 44.2 Å². The lowest BCUT2D eigenvalue weighted by Crippen LogP contribution is -2.25. The van der Waals surface area contributed by atoms with E-state index in [9.17, 15) is 9.59 Å². The fourth-order valence-corrected chi connectivity index (χ4v) is 3.23. The topological polar surface area (TPSA) is 76.0 Å². The minimum absolute atomic E-state index is 0.125. The standard InChI is InChI=1S/C22H25NO6/c1-5-16-14(4)28-19-17(21(24)26-6-2)23(13-15-11-9-8-10-12-15)18(20(19)29-16)22(25)27-7-3/h5,8-12,14H,6-7,13H2,1-4H3/b16-5-. The van der Waals surface area contributed by atoms with E-state index in [-0.39, 0.29) is 42.6 Å². The zero-order chi connectivity index (χ0) is 21.0. The molecule has 1 unspecified atom stereocenters. The summed E-state index contributed by atoms with van der Waals surface area (Å²) in [7, 11) is 0. The van der Waals surface area contributed by atoms with Gasteiger partial charge in [0.25, 0.3) is 0 Å². The van der Waals surface area contributed by atoms with Gasteiger partial charge in [0.15, 0.2) is 23.2 Å². The third-order valence-electron chi connectivity index (χ3n) is 4.50. The number of aromatic nitrogens is 1. The predicted octanol–water partition coefficient (Wildman–Crippen LogP) is 3.95. The summed E-state index contributed by atoms with van der Waals surface area (Å²) in [6, 6.07) is 9.49. The first kappa shape index (κ1) is 20.5. The minimum atomic E-state index is -0.594. The van der Waals surface area contributed by atoms with E-state index >= 15 is 0 Å². The first-order valence-electron chi connectivity index (χ1n) is 9.67. The van der Waals surface area contributed by atoms with E-state index in [1.54, 1.807) is 24.5 Å². The van der Waals surface area contributed by atoms with Crippen LogP contribution in [0.15, 0.2) is 42.2 Å². The Morgan fingerprint density at radius 2 is 1.62 bits per heavy atom. The first-order chi connectivity index (χ1) is 14.0. The van der Waals surface area contributed by atoms with Crippen LogP contribution in [0, 0.1) is 0 Å². The molecule has 1 aromatic heterocycles. The van der Waals surface area contributed by atoms with Crippen LogP contribution < -0.4 is 9.47 Å². The molecule has 0 amide bonds. The highest BCUT2D eigenvalue weighted by Gasteiger charge is 2.39. The maximum Gasteiger partial charge on any atom is 0.359 e. The Balaban J connectivity index is 2.24.